The van der Waals surface area contributed by atoms with Crippen LogP contribution in [0.5, 0.6) is 5.75 Å². The van der Waals surface area contributed by atoms with E-state index in [1.54, 1.807) is 0 Å². The fourth-order valence-corrected chi connectivity index (χ4v) is 3.39. The van der Waals surface area contributed by atoms with E-state index in [9.17, 15) is 0 Å². The summed E-state index contributed by atoms with van der Waals surface area (Å²) in [4.78, 5) is 4.63. The minimum Gasteiger partial charge on any atom is -0.492 e. The molecule has 0 spiro atoms. The maximum Gasteiger partial charge on any atom is 0.173 e. The van der Waals surface area contributed by atoms with Crippen molar-refractivity contribution in [1.29, 1.82) is 0 Å². The van der Waals surface area contributed by atoms with Gasteiger partial charge >= 0.3 is 0 Å². The number of hydrogen-bond acceptors (Lipinski definition) is 5. The second-order valence-corrected chi connectivity index (χ2v) is 6.79. The van der Waals surface area contributed by atoms with E-state index in [2.05, 4.69) is 20.3 Å². The molecule has 0 radical (unpaired) electrons. The van der Waals surface area contributed by atoms with E-state index in [4.69, 9.17) is 21.5 Å². The summed E-state index contributed by atoms with van der Waals surface area (Å²) in [5.41, 5.74) is 1.90. The first kappa shape index (κ1) is 18.7. The fourth-order valence-electron chi connectivity index (χ4n) is 3.10. The summed E-state index contributed by atoms with van der Waals surface area (Å²) in [6, 6.07) is 9.90. The summed E-state index contributed by atoms with van der Waals surface area (Å²) >= 11 is 5.65. The van der Waals surface area contributed by atoms with Crippen LogP contribution in [0.1, 0.15) is 24.8 Å². The first-order valence-electron chi connectivity index (χ1n) is 9.08. The summed E-state index contributed by atoms with van der Waals surface area (Å²) in [6.07, 6.45) is 1.06. The third-order valence-corrected chi connectivity index (χ3v) is 4.73. The molecule has 0 bridgehead atoms. The smallest absolute Gasteiger partial charge is 0.173 e. The van der Waals surface area contributed by atoms with Crippen molar-refractivity contribution in [2.75, 3.05) is 38.1 Å². The number of benzene rings is 1. The molecule has 0 amide bonds. The van der Waals surface area contributed by atoms with Gasteiger partial charge in [-0.1, -0.05) is 17.3 Å². The molecular formula is C19H26N4O2S. The van der Waals surface area contributed by atoms with Crippen molar-refractivity contribution in [2.24, 2.45) is 0 Å². The van der Waals surface area contributed by atoms with Gasteiger partial charge in [-0.15, -0.1) is 0 Å². The van der Waals surface area contributed by atoms with Gasteiger partial charge in [-0.2, -0.15) is 0 Å². The standard InChI is InChI=1S/C19H26N4O2S/c1-3-24-18-8-5-4-7-17(18)20-19(26)23-10-6-9-22(11-12-23)14-16-13-15(2)25-21-16/h4-5,7-8,13H,3,6,9-12,14H2,1-2H3,(H,20,26). The van der Waals surface area contributed by atoms with Gasteiger partial charge in [-0.05, 0) is 44.6 Å². The quantitative estimate of drug-likeness (QED) is 0.806. The first-order chi connectivity index (χ1) is 12.7. The Labute approximate surface area is 160 Å². The van der Waals surface area contributed by atoms with E-state index in [1.807, 2.05) is 44.2 Å². The Balaban J connectivity index is 1.56. The minimum absolute atomic E-state index is 0.631. The van der Waals surface area contributed by atoms with Gasteiger partial charge in [-0.25, -0.2) is 0 Å². The molecule has 7 heteroatoms. The lowest BCUT2D eigenvalue weighted by molar-refractivity contribution is 0.267. The van der Waals surface area contributed by atoms with Crippen molar-refractivity contribution < 1.29 is 9.26 Å². The molecule has 2 aromatic rings. The largest absolute Gasteiger partial charge is 0.492 e. The van der Waals surface area contributed by atoms with Crippen LogP contribution in [0.2, 0.25) is 0 Å². The molecule has 1 fully saturated rings. The van der Waals surface area contributed by atoms with Crippen LogP contribution in [0.4, 0.5) is 5.69 Å². The molecule has 1 aromatic heterocycles. The van der Waals surface area contributed by atoms with Crippen molar-refractivity contribution in [2.45, 2.75) is 26.8 Å². The molecule has 26 heavy (non-hydrogen) atoms. The summed E-state index contributed by atoms with van der Waals surface area (Å²) in [5.74, 6) is 1.69. The van der Waals surface area contributed by atoms with Crippen LogP contribution in [0.25, 0.3) is 0 Å². The van der Waals surface area contributed by atoms with Crippen molar-refractivity contribution in [3.8, 4) is 5.75 Å². The van der Waals surface area contributed by atoms with E-state index < -0.39 is 0 Å². The normalized spacial score (nSPS) is 15.5. The Morgan fingerprint density at radius 2 is 2.12 bits per heavy atom. The number of para-hydroxylation sites is 2. The number of aromatic nitrogens is 1. The number of anilines is 1. The number of ether oxygens (including phenoxy) is 1. The molecule has 1 aromatic carbocycles. The van der Waals surface area contributed by atoms with E-state index >= 15 is 0 Å². The van der Waals surface area contributed by atoms with E-state index in [0.29, 0.717) is 6.61 Å². The zero-order valence-corrected chi connectivity index (χ0v) is 16.2. The zero-order chi connectivity index (χ0) is 18.4. The maximum absolute atomic E-state index is 5.67. The Morgan fingerprint density at radius 1 is 1.27 bits per heavy atom. The molecule has 2 heterocycles. The van der Waals surface area contributed by atoms with Gasteiger partial charge in [0.25, 0.3) is 0 Å². The Kier molecular flexibility index (Phi) is 6.46. The lowest BCUT2D eigenvalue weighted by Gasteiger charge is -2.25. The van der Waals surface area contributed by atoms with Crippen LogP contribution in [0, 0.1) is 6.92 Å². The van der Waals surface area contributed by atoms with Crippen LogP contribution >= 0.6 is 12.2 Å². The molecule has 140 valence electrons. The van der Waals surface area contributed by atoms with Crippen LogP contribution in [-0.4, -0.2) is 52.9 Å². The fraction of sp³-hybridized carbons (Fsp3) is 0.474. The van der Waals surface area contributed by atoms with Gasteiger partial charge in [0.2, 0.25) is 0 Å². The third-order valence-electron chi connectivity index (χ3n) is 4.37. The molecule has 0 aliphatic carbocycles. The number of thiocarbonyl (C=S) groups is 1. The molecule has 1 aliphatic heterocycles. The van der Waals surface area contributed by atoms with Gasteiger partial charge in [0.1, 0.15) is 11.5 Å². The Bertz CT molecular complexity index is 734. The minimum atomic E-state index is 0.631. The van der Waals surface area contributed by atoms with Crippen molar-refractivity contribution >= 4 is 23.0 Å². The molecule has 1 saturated heterocycles. The molecule has 0 unspecified atom stereocenters. The predicted molar refractivity (Wildman–Crippen MR) is 107 cm³/mol. The SMILES string of the molecule is CCOc1ccccc1NC(=S)N1CCCN(Cc2cc(C)on2)CC1. The van der Waals surface area contributed by atoms with Crippen LogP contribution in [0.15, 0.2) is 34.9 Å². The highest BCUT2D eigenvalue weighted by atomic mass is 32.1. The average molecular weight is 375 g/mol. The van der Waals surface area contributed by atoms with Gasteiger partial charge < -0.3 is 19.5 Å². The van der Waals surface area contributed by atoms with Gasteiger partial charge in [0, 0.05) is 38.8 Å². The second-order valence-electron chi connectivity index (χ2n) is 6.40. The summed E-state index contributed by atoms with van der Waals surface area (Å²) in [7, 11) is 0. The van der Waals surface area contributed by atoms with Crippen LogP contribution in [0.3, 0.4) is 0 Å². The lowest BCUT2D eigenvalue weighted by Crippen LogP contribution is -2.37. The molecule has 6 nitrogen and oxygen atoms in total. The summed E-state index contributed by atoms with van der Waals surface area (Å²) in [5, 5.41) is 8.19. The molecule has 0 saturated carbocycles. The van der Waals surface area contributed by atoms with Crippen molar-refractivity contribution in [3.05, 3.63) is 41.8 Å². The van der Waals surface area contributed by atoms with Crippen molar-refractivity contribution in [1.82, 2.24) is 15.0 Å². The van der Waals surface area contributed by atoms with Gasteiger partial charge in [0.15, 0.2) is 5.11 Å². The number of aryl methyl sites for hydroxylation is 1. The van der Waals surface area contributed by atoms with E-state index in [0.717, 1.165) is 67.1 Å². The zero-order valence-electron chi connectivity index (χ0n) is 15.4. The highest BCUT2D eigenvalue weighted by Crippen LogP contribution is 2.24. The van der Waals surface area contributed by atoms with E-state index in [-0.39, 0.29) is 0 Å². The van der Waals surface area contributed by atoms with Crippen molar-refractivity contribution in [3.63, 3.8) is 0 Å². The number of nitrogens with zero attached hydrogens (tertiary/aromatic N) is 3. The molecule has 1 aliphatic rings. The molecular weight excluding hydrogens is 348 g/mol. The molecule has 3 rings (SSSR count). The van der Waals surface area contributed by atoms with Gasteiger partial charge in [-0.3, -0.25) is 4.90 Å². The first-order valence-corrected chi connectivity index (χ1v) is 9.49. The highest BCUT2D eigenvalue weighted by molar-refractivity contribution is 7.80. The van der Waals surface area contributed by atoms with Gasteiger partial charge in [0.05, 0.1) is 18.0 Å². The monoisotopic (exact) mass is 374 g/mol. The summed E-state index contributed by atoms with van der Waals surface area (Å²) < 4.78 is 10.8. The number of hydrogen-bond donors (Lipinski definition) is 1. The lowest BCUT2D eigenvalue weighted by atomic mass is 10.3. The van der Waals surface area contributed by atoms with Crippen LogP contribution < -0.4 is 10.1 Å². The highest BCUT2D eigenvalue weighted by Gasteiger charge is 2.18. The van der Waals surface area contributed by atoms with Crippen LogP contribution in [-0.2, 0) is 6.54 Å². The number of rotatable bonds is 5. The third kappa shape index (κ3) is 4.95. The number of nitrogens with one attached hydrogen (secondary N) is 1. The molecule has 0 atom stereocenters. The summed E-state index contributed by atoms with van der Waals surface area (Å²) in [6.45, 7) is 9.15. The Morgan fingerprint density at radius 3 is 2.88 bits per heavy atom. The molecule has 1 N–H and O–H groups in total. The second kappa shape index (κ2) is 9.00. The van der Waals surface area contributed by atoms with E-state index in [1.165, 1.54) is 0 Å². The average Bonchev–Trinajstić information content (AvgIpc) is 2.89. The maximum atomic E-state index is 5.67. The predicted octanol–water partition coefficient (Wildman–Crippen LogP) is 3.29. The Hall–Kier alpha value is -2.12. The topological polar surface area (TPSA) is 53.8 Å².